The minimum atomic E-state index is -3.19. The second-order valence-electron chi connectivity index (χ2n) is 6.19. The molecule has 0 bridgehead atoms. The minimum Gasteiger partial charge on any atom is -0.464 e. The number of amides is 1. The summed E-state index contributed by atoms with van der Waals surface area (Å²) in [5, 5.41) is 22.9. The smallest absolute Gasteiger partial charge is 0.387 e. The fraction of sp³-hybridized carbons (Fsp3) is 0.263. The van der Waals surface area contributed by atoms with Gasteiger partial charge in [0.05, 0.1) is 23.7 Å². The number of carbonyl (C=O) groups excluding carboxylic acids is 2. The molecule has 1 unspecified atom stereocenters. The second-order valence-corrected chi connectivity index (χ2v) is 6.19. The molecular weight excluding hydrogens is 422 g/mol. The predicted molar refractivity (Wildman–Crippen MR) is 102 cm³/mol. The van der Waals surface area contributed by atoms with Gasteiger partial charge in [-0.25, -0.2) is 4.79 Å². The molecule has 1 heterocycles. The number of ether oxygens (including phenoxy) is 2. The number of carbonyl (C=O) groups is 2. The number of nitrogens with zero attached hydrogens (tertiary/aromatic N) is 1. The average Bonchev–Trinajstić information content (AvgIpc) is 3.11. The highest BCUT2D eigenvalue weighted by molar-refractivity contribution is 6.18. The largest absolute Gasteiger partial charge is 0.464 e. The number of benzene rings is 2. The number of aliphatic hydroxyl groups is 1. The average molecular weight is 438 g/mol. The number of halogens is 2. The van der Waals surface area contributed by atoms with Crippen molar-refractivity contribution in [1.29, 1.82) is 0 Å². The third-order valence-electron chi connectivity index (χ3n) is 4.30. The highest BCUT2D eigenvalue weighted by atomic mass is 19.3. The zero-order chi connectivity index (χ0) is 22.7. The van der Waals surface area contributed by atoms with Gasteiger partial charge in [-0.15, -0.1) is 0 Å². The van der Waals surface area contributed by atoms with E-state index in [0.29, 0.717) is 0 Å². The van der Waals surface area contributed by atoms with Crippen LogP contribution >= 0.6 is 0 Å². The Balaban J connectivity index is 2.17. The van der Waals surface area contributed by atoms with Gasteiger partial charge in [-0.1, -0.05) is 0 Å². The summed E-state index contributed by atoms with van der Waals surface area (Å²) in [6.07, 6.45) is 0. The first-order valence-electron chi connectivity index (χ1n) is 8.93. The molecule has 164 valence electrons. The minimum absolute atomic E-state index is 0.0190. The van der Waals surface area contributed by atoms with Crippen LogP contribution in [0.2, 0.25) is 0 Å². The number of nitrogens with one attached hydrogen (secondary N) is 1. The molecule has 0 aliphatic carbocycles. The number of esters is 1. The van der Waals surface area contributed by atoms with Crippen molar-refractivity contribution in [3.63, 3.8) is 0 Å². The van der Waals surface area contributed by atoms with E-state index >= 15 is 0 Å². The molecule has 1 aromatic heterocycles. The van der Waals surface area contributed by atoms with Gasteiger partial charge in [0.1, 0.15) is 5.58 Å². The van der Waals surface area contributed by atoms with E-state index in [-0.39, 0.29) is 45.5 Å². The molecular formula is C19H16F2N2O8. The van der Waals surface area contributed by atoms with Gasteiger partial charge in [0.2, 0.25) is 0 Å². The molecule has 1 amide bonds. The molecule has 3 aromatic rings. The van der Waals surface area contributed by atoms with Crippen molar-refractivity contribution in [2.75, 3.05) is 13.2 Å². The van der Waals surface area contributed by atoms with Gasteiger partial charge in [-0.05, 0) is 25.1 Å². The summed E-state index contributed by atoms with van der Waals surface area (Å²) in [5.74, 6) is -2.13. The van der Waals surface area contributed by atoms with Gasteiger partial charge in [0.15, 0.2) is 17.4 Å². The second kappa shape index (κ2) is 8.92. The van der Waals surface area contributed by atoms with E-state index in [1.165, 1.54) is 6.07 Å². The van der Waals surface area contributed by atoms with Crippen molar-refractivity contribution in [3.05, 3.63) is 46.0 Å². The predicted octanol–water partition coefficient (Wildman–Crippen LogP) is 2.75. The third-order valence-corrected chi connectivity index (χ3v) is 4.30. The molecule has 12 heteroatoms. The maximum atomic E-state index is 12.8. The van der Waals surface area contributed by atoms with Crippen molar-refractivity contribution >= 4 is 39.5 Å². The number of alkyl halides is 2. The SMILES string of the molecule is CCOC(=O)C(CO)NC(=O)c1ccc(OC(F)F)c2oc3ccc([N+](=O)[O-])cc3c12. The lowest BCUT2D eigenvalue weighted by molar-refractivity contribution is -0.384. The molecule has 1 atom stereocenters. The Morgan fingerprint density at radius 2 is 2.03 bits per heavy atom. The first-order valence-corrected chi connectivity index (χ1v) is 8.93. The molecule has 0 saturated heterocycles. The standard InChI is InChI=1S/C19H16F2N2O8/c1-2-29-18(26)12(8-24)22-17(25)10-4-6-14(31-19(20)21)16-15(10)11-7-9(23(27)28)3-5-13(11)30-16/h3-7,12,19,24H,2,8H2,1H3,(H,22,25). The molecule has 0 fully saturated rings. The lowest BCUT2D eigenvalue weighted by Gasteiger charge is -2.15. The summed E-state index contributed by atoms with van der Waals surface area (Å²) in [6, 6.07) is 4.36. The first kappa shape index (κ1) is 21.9. The van der Waals surface area contributed by atoms with Crippen LogP contribution < -0.4 is 10.1 Å². The molecule has 2 aromatic carbocycles. The summed E-state index contributed by atoms with van der Waals surface area (Å²) >= 11 is 0. The van der Waals surface area contributed by atoms with Crippen LogP contribution in [-0.2, 0) is 9.53 Å². The Kier molecular flexibility index (Phi) is 6.30. The third kappa shape index (κ3) is 4.38. The number of nitro groups is 1. The molecule has 3 rings (SSSR count). The molecule has 0 spiro atoms. The van der Waals surface area contributed by atoms with Crippen molar-refractivity contribution < 1.29 is 42.3 Å². The Morgan fingerprint density at radius 3 is 2.65 bits per heavy atom. The van der Waals surface area contributed by atoms with E-state index in [1.54, 1.807) is 6.92 Å². The summed E-state index contributed by atoms with van der Waals surface area (Å²) in [5.41, 5.74) is -0.607. The fourth-order valence-electron chi connectivity index (χ4n) is 2.99. The Labute approximate surface area is 172 Å². The fourth-order valence-corrected chi connectivity index (χ4v) is 2.99. The van der Waals surface area contributed by atoms with Crippen LogP contribution in [0.15, 0.2) is 34.7 Å². The van der Waals surface area contributed by atoms with Gasteiger partial charge < -0.3 is 24.3 Å². The molecule has 0 saturated carbocycles. The number of furan rings is 1. The number of fused-ring (bicyclic) bond motifs is 3. The summed E-state index contributed by atoms with van der Waals surface area (Å²) in [6.45, 7) is -2.37. The van der Waals surface area contributed by atoms with Crippen molar-refractivity contribution in [2.24, 2.45) is 0 Å². The first-order chi connectivity index (χ1) is 14.8. The van der Waals surface area contributed by atoms with Crippen LogP contribution in [0.3, 0.4) is 0 Å². The van der Waals surface area contributed by atoms with Crippen LogP contribution in [0.5, 0.6) is 5.75 Å². The van der Waals surface area contributed by atoms with Crippen LogP contribution in [0.4, 0.5) is 14.5 Å². The molecule has 31 heavy (non-hydrogen) atoms. The molecule has 0 aliphatic rings. The Morgan fingerprint density at radius 1 is 1.29 bits per heavy atom. The summed E-state index contributed by atoms with van der Waals surface area (Å²) < 4.78 is 40.3. The van der Waals surface area contributed by atoms with Gasteiger partial charge in [0, 0.05) is 22.9 Å². The van der Waals surface area contributed by atoms with E-state index in [2.05, 4.69) is 10.1 Å². The number of hydrogen-bond donors (Lipinski definition) is 2. The maximum absolute atomic E-state index is 12.8. The maximum Gasteiger partial charge on any atom is 0.387 e. The highest BCUT2D eigenvalue weighted by Crippen LogP contribution is 2.39. The lowest BCUT2D eigenvalue weighted by Crippen LogP contribution is -2.44. The Bertz CT molecular complexity index is 1160. The van der Waals surface area contributed by atoms with Crippen LogP contribution in [0.1, 0.15) is 17.3 Å². The number of non-ortho nitro benzene ring substituents is 1. The Hall–Kier alpha value is -3.80. The number of aliphatic hydroxyl groups excluding tert-OH is 1. The van der Waals surface area contributed by atoms with Crippen molar-refractivity contribution in [2.45, 2.75) is 19.6 Å². The monoisotopic (exact) mass is 438 g/mol. The van der Waals surface area contributed by atoms with E-state index in [9.17, 15) is 33.6 Å². The highest BCUT2D eigenvalue weighted by Gasteiger charge is 2.26. The quantitative estimate of drug-likeness (QED) is 0.311. The van der Waals surface area contributed by atoms with Gasteiger partial charge in [-0.3, -0.25) is 14.9 Å². The van der Waals surface area contributed by atoms with E-state index in [4.69, 9.17) is 9.15 Å². The van der Waals surface area contributed by atoms with Gasteiger partial charge >= 0.3 is 12.6 Å². The topological polar surface area (TPSA) is 141 Å². The van der Waals surface area contributed by atoms with Crippen LogP contribution in [0.25, 0.3) is 21.9 Å². The summed E-state index contributed by atoms with van der Waals surface area (Å²) in [4.78, 5) is 35.2. The van der Waals surface area contributed by atoms with E-state index in [1.807, 2.05) is 0 Å². The normalized spacial score (nSPS) is 12.2. The molecule has 0 aliphatic heterocycles. The molecule has 10 nitrogen and oxygen atoms in total. The van der Waals surface area contributed by atoms with Gasteiger partial charge in [0.25, 0.3) is 11.6 Å². The number of nitro benzene ring substituents is 1. The zero-order valence-electron chi connectivity index (χ0n) is 16.0. The molecule has 2 N–H and O–H groups in total. The van der Waals surface area contributed by atoms with E-state index < -0.39 is 36.1 Å². The lowest BCUT2D eigenvalue weighted by atomic mass is 10.0. The van der Waals surface area contributed by atoms with E-state index in [0.717, 1.165) is 24.3 Å². The molecule has 0 radical (unpaired) electrons. The number of hydrogen-bond acceptors (Lipinski definition) is 8. The zero-order valence-corrected chi connectivity index (χ0v) is 16.0. The summed E-state index contributed by atoms with van der Waals surface area (Å²) in [7, 11) is 0. The van der Waals surface area contributed by atoms with Crippen LogP contribution in [-0.4, -0.2) is 47.8 Å². The van der Waals surface area contributed by atoms with Crippen molar-refractivity contribution in [1.82, 2.24) is 5.32 Å². The van der Waals surface area contributed by atoms with Crippen molar-refractivity contribution in [3.8, 4) is 5.75 Å². The van der Waals surface area contributed by atoms with Crippen LogP contribution in [0, 0.1) is 10.1 Å². The van der Waals surface area contributed by atoms with Gasteiger partial charge in [-0.2, -0.15) is 8.78 Å². The number of rotatable bonds is 8.